The lowest BCUT2D eigenvalue weighted by molar-refractivity contribution is 0.188. The second-order valence-corrected chi connectivity index (χ2v) is 8.16. The van der Waals surface area contributed by atoms with Crippen molar-refractivity contribution in [2.45, 2.75) is 36.6 Å². The van der Waals surface area contributed by atoms with Crippen molar-refractivity contribution in [1.29, 1.82) is 0 Å². The SMILES string of the molecule is CCOc1ccccc1S(=O)(=O)N1CC(n2cc(C3CC3)nn2)C1. The van der Waals surface area contributed by atoms with Crippen LogP contribution in [0, 0.1) is 0 Å². The second-order valence-electron chi connectivity index (χ2n) is 6.25. The molecule has 1 aromatic heterocycles. The summed E-state index contributed by atoms with van der Waals surface area (Å²) in [6.07, 6.45) is 4.32. The molecule has 7 nitrogen and oxygen atoms in total. The van der Waals surface area contributed by atoms with Crippen LogP contribution in [0.3, 0.4) is 0 Å². The van der Waals surface area contributed by atoms with E-state index < -0.39 is 10.0 Å². The van der Waals surface area contributed by atoms with Crippen molar-refractivity contribution in [2.75, 3.05) is 19.7 Å². The molecule has 2 heterocycles. The molecule has 0 unspecified atom stereocenters. The number of benzene rings is 1. The standard InChI is InChI=1S/C16H20N4O3S/c1-2-23-15-5-3-4-6-16(15)24(21,22)19-9-13(10-19)20-11-14(17-18-20)12-7-8-12/h3-6,11-13H,2,7-10H2,1H3. The summed E-state index contributed by atoms with van der Waals surface area (Å²) in [5.74, 6) is 0.956. The molecule has 2 fully saturated rings. The van der Waals surface area contributed by atoms with Gasteiger partial charge in [-0.15, -0.1) is 5.10 Å². The van der Waals surface area contributed by atoms with Gasteiger partial charge in [-0.05, 0) is 31.9 Å². The minimum absolute atomic E-state index is 0.0547. The Kier molecular flexibility index (Phi) is 3.80. The number of ether oxygens (including phenoxy) is 1. The van der Waals surface area contributed by atoms with Gasteiger partial charge in [-0.3, -0.25) is 0 Å². The Balaban J connectivity index is 1.49. The Bertz CT molecular complexity index is 839. The number of aromatic nitrogens is 3. The number of sulfonamides is 1. The minimum Gasteiger partial charge on any atom is -0.492 e. The Morgan fingerprint density at radius 3 is 2.71 bits per heavy atom. The van der Waals surface area contributed by atoms with Crippen LogP contribution in [-0.4, -0.2) is 47.4 Å². The first-order chi connectivity index (χ1) is 11.6. The highest BCUT2D eigenvalue weighted by molar-refractivity contribution is 7.89. The second kappa shape index (κ2) is 5.86. The van der Waals surface area contributed by atoms with E-state index in [0.29, 0.717) is 31.4 Å². The fourth-order valence-corrected chi connectivity index (χ4v) is 4.54. The highest BCUT2D eigenvalue weighted by Crippen LogP contribution is 2.39. The third-order valence-corrected chi connectivity index (χ3v) is 6.36. The van der Waals surface area contributed by atoms with Gasteiger partial charge in [0.05, 0.1) is 18.3 Å². The third-order valence-electron chi connectivity index (χ3n) is 4.49. The molecular formula is C16H20N4O3S. The third kappa shape index (κ3) is 2.69. The molecule has 0 radical (unpaired) electrons. The van der Waals surface area contributed by atoms with E-state index in [4.69, 9.17) is 4.74 Å². The number of para-hydroxylation sites is 1. The van der Waals surface area contributed by atoms with Crippen LogP contribution >= 0.6 is 0 Å². The van der Waals surface area contributed by atoms with Crippen molar-refractivity contribution in [3.05, 3.63) is 36.2 Å². The molecule has 2 aromatic rings. The van der Waals surface area contributed by atoms with Crippen molar-refractivity contribution in [2.24, 2.45) is 0 Å². The maximum atomic E-state index is 12.8. The minimum atomic E-state index is -3.55. The van der Waals surface area contributed by atoms with Gasteiger partial charge in [-0.1, -0.05) is 17.3 Å². The molecule has 128 valence electrons. The molecule has 0 N–H and O–H groups in total. The van der Waals surface area contributed by atoms with Crippen LogP contribution in [0.2, 0.25) is 0 Å². The lowest BCUT2D eigenvalue weighted by Crippen LogP contribution is -2.50. The molecule has 0 spiro atoms. The first kappa shape index (κ1) is 15.6. The number of hydrogen-bond acceptors (Lipinski definition) is 5. The molecule has 24 heavy (non-hydrogen) atoms. The van der Waals surface area contributed by atoms with E-state index >= 15 is 0 Å². The van der Waals surface area contributed by atoms with Crippen LogP contribution in [-0.2, 0) is 10.0 Å². The van der Waals surface area contributed by atoms with E-state index in [2.05, 4.69) is 10.3 Å². The predicted molar refractivity (Wildman–Crippen MR) is 87.4 cm³/mol. The predicted octanol–water partition coefficient (Wildman–Crippen LogP) is 1.80. The van der Waals surface area contributed by atoms with Crippen LogP contribution in [0.4, 0.5) is 0 Å². The van der Waals surface area contributed by atoms with Crippen molar-refractivity contribution in [3.63, 3.8) is 0 Å². The Labute approximate surface area is 141 Å². The lowest BCUT2D eigenvalue weighted by atomic mass is 10.2. The van der Waals surface area contributed by atoms with Gasteiger partial charge in [0.2, 0.25) is 10.0 Å². The summed E-state index contributed by atoms with van der Waals surface area (Å²) < 4.78 is 34.3. The van der Waals surface area contributed by atoms with Crippen LogP contribution < -0.4 is 4.74 Å². The van der Waals surface area contributed by atoms with Crippen LogP contribution in [0.1, 0.15) is 37.4 Å². The molecule has 0 bridgehead atoms. The molecular weight excluding hydrogens is 328 g/mol. The summed E-state index contributed by atoms with van der Waals surface area (Å²) in [6, 6.07) is 6.82. The zero-order chi connectivity index (χ0) is 16.7. The molecule has 0 atom stereocenters. The van der Waals surface area contributed by atoms with Gasteiger partial charge in [-0.2, -0.15) is 4.31 Å². The summed E-state index contributed by atoms with van der Waals surface area (Å²) >= 11 is 0. The molecule has 0 amide bonds. The number of nitrogens with zero attached hydrogens (tertiary/aromatic N) is 4. The van der Waals surface area contributed by atoms with Gasteiger partial charge in [0, 0.05) is 25.2 Å². The Hall–Kier alpha value is -1.93. The summed E-state index contributed by atoms with van der Waals surface area (Å²) in [4.78, 5) is 0.225. The van der Waals surface area contributed by atoms with Gasteiger partial charge in [0.15, 0.2) is 0 Å². The van der Waals surface area contributed by atoms with Crippen LogP contribution in [0.5, 0.6) is 5.75 Å². The fourth-order valence-electron chi connectivity index (χ4n) is 2.89. The summed E-state index contributed by atoms with van der Waals surface area (Å²) in [7, 11) is -3.55. The average molecular weight is 348 g/mol. The molecule has 1 aromatic carbocycles. The van der Waals surface area contributed by atoms with E-state index in [1.807, 2.05) is 13.1 Å². The summed E-state index contributed by atoms with van der Waals surface area (Å²) in [5, 5.41) is 8.35. The van der Waals surface area contributed by atoms with Crippen molar-refractivity contribution >= 4 is 10.0 Å². The smallest absolute Gasteiger partial charge is 0.246 e. The molecule has 1 aliphatic carbocycles. The zero-order valence-corrected chi connectivity index (χ0v) is 14.3. The quantitative estimate of drug-likeness (QED) is 0.795. The average Bonchev–Trinajstić information content (AvgIpc) is 3.26. The maximum absolute atomic E-state index is 12.8. The fraction of sp³-hybridized carbons (Fsp3) is 0.500. The Morgan fingerprint density at radius 2 is 2.00 bits per heavy atom. The molecule has 1 saturated heterocycles. The lowest BCUT2D eigenvalue weighted by Gasteiger charge is -2.37. The number of rotatable bonds is 6. The molecule has 2 aliphatic rings. The van der Waals surface area contributed by atoms with Crippen molar-refractivity contribution in [3.8, 4) is 5.75 Å². The highest BCUT2D eigenvalue weighted by atomic mass is 32.2. The van der Waals surface area contributed by atoms with E-state index in [1.165, 1.54) is 17.1 Å². The molecule has 8 heteroatoms. The van der Waals surface area contributed by atoms with Crippen molar-refractivity contribution < 1.29 is 13.2 Å². The first-order valence-corrected chi connectivity index (χ1v) is 9.67. The van der Waals surface area contributed by atoms with Gasteiger partial charge in [-0.25, -0.2) is 13.1 Å². The summed E-state index contributed by atoms with van der Waals surface area (Å²) in [5.41, 5.74) is 1.03. The van der Waals surface area contributed by atoms with E-state index in [-0.39, 0.29) is 10.9 Å². The van der Waals surface area contributed by atoms with Gasteiger partial charge >= 0.3 is 0 Å². The maximum Gasteiger partial charge on any atom is 0.246 e. The van der Waals surface area contributed by atoms with Gasteiger partial charge in [0.1, 0.15) is 10.6 Å². The van der Waals surface area contributed by atoms with Crippen LogP contribution in [0.25, 0.3) is 0 Å². The molecule has 4 rings (SSSR count). The topological polar surface area (TPSA) is 77.3 Å². The monoisotopic (exact) mass is 348 g/mol. The van der Waals surface area contributed by atoms with E-state index in [9.17, 15) is 8.42 Å². The van der Waals surface area contributed by atoms with E-state index in [0.717, 1.165) is 5.69 Å². The van der Waals surface area contributed by atoms with Crippen molar-refractivity contribution in [1.82, 2.24) is 19.3 Å². The van der Waals surface area contributed by atoms with E-state index in [1.54, 1.807) is 28.9 Å². The first-order valence-electron chi connectivity index (χ1n) is 8.23. The Morgan fingerprint density at radius 1 is 1.25 bits per heavy atom. The van der Waals surface area contributed by atoms with Crippen LogP contribution in [0.15, 0.2) is 35.4 Å². The zero-order valence-electron chi connectivity index (χ0n) is 13.5. The van der Waals surface area contributed by atoms with Gasteiger partial charge < -0.3 is 4.74 Å². The van der Waals surface area contributed by atoms with Gasteiger partial charge in [0.25, 0.3) is 0 Å². The highest BCUT2D eigenvalue weighted by Gasteiger charge is 2.40. The normalized spacial score (nSPS) is 19.2. The molecule has 1 aliphatic heterocycles. The number of hydrogen-bond donors (Lipinski definition) is 0. The largest absolute Gasteiger partial charge is 0.492 e. The summed E-state index contributed by atoms with van der Waals surface area (Å²) in [6.45, 7) is 3.09. The molecule has 1 saturated carbocycles.